The lowest BCUT2D eigenvalue weighted by Crippen LogP contribution is -2.37. The molecule has 0 aromatic heterocycles. The molecule has 0 bridgehead atoms. The summed E-state index contributed by atoms with van der Waals surface area (Å²) >= 11 is 0. The van der Waals surface area contributed by atoms with Crippen LogP contribution in [0.3, 0.4) is 0 Å². The Balaban J connectivity index is 1.47. The Bertz CT molecular complexity index is 2730. The predicted molar refractivity (Wildman–Crippen MR) is 264 cm³/mol. The molecular formula is C56H62N2Si. The van der Waals surface area contributed by atoms with Crippen molar-refractivity contribution < 1.29 is 0 Å². The highest BCUT2D eigenvalue weighted by Crippen LogP contribution is 2.51. The van der Waals surface area contributed by atoms with Crippen molar-refractivity contribution in [1.82, 2.24) is 0 Å². The van der Waals surface area contributed by atoms with Gasteiger partial charge in [-0.2, -0.15) is 0 Å². The van der Waals surface area contributed by atoms with Gasteiger partial charge in [0.05, 0.1) is 19.4 Å². The second kappa shape index (κ2) is 15.7. The van der Waals surface area contributed by atoms with Crippen LogP contribution in [0.5, 0.6) is 0 Å². The highest BCUT2D eigenvalue weighted by molar-refractivity contribution is 6.88. The van der Waals surface area contributed by atoms with Gasteiger partial charge >= 0.3 is 0 Å². The van der Waals surface area contributed by atoms with Crippen molar-refractivity contribution >= 4 is 79.7 Å². The van der Waals surface area contributed by atoms with Gasteiger partial charge in [0.15, 0.2) is 0 Å². The summed E-state index contributed by atoms with van der Waals surface area (Å²) < 4.78 is 0. The number of hydrogen-bond donors (Lipinski definition) is 0. The molecule has 8 aromatic carbocycles. The number of benzene rings is 8. The van der Waals surface area contributed by atoms with Crippen LogP contribution in [0.25, 0.3) is 32.3 Å². The van der Waals surface area contributed by atoms with Crippen molar-refractivity contribution in [2.45, 2.75) is 106 Å². The Kier molecular flexibility index (Phi) is 10.7. The fourth-order valence-corrected chi connectivity index (χ4v) is 10.2. The maximum atomic E-state index is 2.52. The monoisotopic (exact) mass is 790 g/mol. The summed E-state index contributed by atoms with van der Waals surface area (Å²) in [7, 11) is -1.49. The van der Waals surface area contributed by atoms with E-state index in [1.54, 1.807) is 0 Å². The average molecular weight is 791 g/mol. The fraction of sp³-hybridized carbons (Fsp3) is 0.286. The van der Waals surface area contributed by atoms with Gasteiger partial charge in [-0.3, -0.25) is 0 Å². The third kappa shape index (κ3) is 7.44. The van der Waals surface area contributed by atoms with Crippen molar-refractivity contribution in [1.29, 1.82) is 0 Å². The quantitative estimate of drug-likeness (QED) is 0.0951. The fourth-order valence-electron chi connectivity index (χ4n) is 9.01. The lowest BCUT2D eigenvalue weighted by molar-refractivity contribution is 0.866. The summed E-state index contributed by atoms with van der Waals surface area (Å²) in [4.78, 5) is 5.02. The SMILES string of the molecule is Cc1ccc(N(c2ccc(C(C)C)cc2)c2cc(C(C)C)c3ccc4c(N(c5ccc(C(C)C)cc5)c5ccc([Si](C)(C)C)cc5)cc(C(C)C)c5ccc2c3c54)cc1. The zero-order chi connectivity index (χ0) is 41.9. The first-order chi connectivity index (χ1) is 28.1. The molecule has 0 aliphatic carbocycles. The molecular weight excluding hydrogens is 729 g/mol. The van der Waals surface area contributed by atoms with Crippen LogP contribution in [0.4, 0.5) is 34.1 Å². The molecule has 0 heterocycles. The average Bonchev–Trinajstić information content (AvgIpc) is 3.21. The summed E-state index contributed by atoms with van der Waals surface area (Å²) in [5.41, 5.74) is 13.9. The van der Waals surface area contributed by atoms with E-state index in [1.165, 1.54) is 99.4 Å². The van der Waals surface area contributed by atoms with Crippen LogP contribution in [0.1, 0.15) is 107 Å². The molecule has 0 radical (unpaired) electrons. The van der Waals surface area contributed by atoms with Gasteiger partial charge in [-0.05, 0) is 135 Å². The lowest BCUT2D eigenvalue weighted by atomic mass is 9.84. The van der Waals surface area contributed by atoms with Gasteiger partial charge in [0.25, 0.3) is 0 Å². The molecule has 0 amide bonds. The van der Waals surface area contributed by atoms with E-state index in [0.717, 1.165) is 0 Å². The molecule has 0 spiro atoms. The highest BCUT2D eigenvalue weighted by atomic mass is 28.3. The maximum Gasteiger partial charge on any atom is 0.0775 e. The van der Waals surface area contributed by atoms with Gasteiger partial charge in [0.2, 0.25) is 0 Å². The second-order valence-corrected chi connectivity index (χ2v) is 24.2. The number of hydrogen-bond acceptors (Lipinski definition) is 2. The summed E-state index contributed by atoms with van der Waals surface area (Å²) in [6, 6.07) is 51.7. The Morgan fingerprint density at radius 1 is 0.373 bits per heavy atom. The van der Waals surface area contributed by atoms with Crippen molar-refractivity contribution in [2.24, 2.45) is 0 Å². The molecule has 300 valence electrons. The van der Waals surface area contributed by atoms with Gasteiger partial charge in [-0.25, -0.2) is 0 Å². The molecule has 0 aliphatic heterocycles. The summed E-state index contributed by atoms with van der Waals surface area (Å²) in [5, 5.41) is 9.41. The van der Waals surface area contributed by atoms with E-state index in [4.69, 9.17) is 0 Å². The van der Waals surface area contributed by atoms with Crippen LogP contribution in [0, 0.1) is 6.92 Å². The van der Waals surface area contributed by atoms with Crippen LogP contribution in [0.2, 0.25) is 19.6 Å². The van der Waals surface area contributed by atoms with E-state index < -0.39 is 8.07 Å². The second-order valence-electron chi connectivity index (χ2n) is 19.1. The van der Waals surface area contributed by atoms with Crippen molar-refractivity contribution in [2.75, 3.05) is 9.80 Å². The Labute approximate surface area is 354 Å². The van der Waals surface area contributed by atoms with Gasteiger partial charge in [0.1, 0.15) is 0 Å². The largest absolute Gasteiger partial charge is 0.310 e. The molecule has 3 heteroatoms. The van der Waals surface area contributed by atoms with Crippen molar-refractivity contribution in [3.8, 4) is 0 Å². The van der Waals surface area contributed by atoms with Crippen LogP contribution in [-0.2, 0) is 0 Å². The molecule has 59 heavy (non-hydrogen) atoms. The first kappa shape index (κ1) is 40.4. The maximum absolute atomic E-state index is 2.52. The molecule has 0 N–H and O–H groups in total. The van der Waals surface area contributed by atoms with Crippen LogP contribution < -0.4 is 15.0 Å². The van der Waals surface area contributed by atoms with Gasteiger partial charge in [-0.15, -0.1) is 0 Å². The highest BCUT2D eigenvalue weighted by Gasteiger charge is 2.26. The minimum atomic E-state index is -1.49. The lowest BCUT2D eigenvalue weighted by Gasteiger charge is -2.32. The zero-order valence-corrected chi connectivity index (χ0v) is 38.4. The molecule has 0 atom stereocenters. The van der Waals surface area contributed by atoms with Crippen LogP contribution in [0.15, 0.2) is 133 Å². The summed E-state index contributed by atoms with van der Waals surface area (Å²) in [6.45, 7) is 28.0. The van der Waals surface area contributed by atoms with Crippen LogP contribution >= 0.6 is 0 Å². The number of rotatable bonds is 11. The molecule has 2 nitrogen and oxygen atoms in total. The molecule has 8 rings (SSSR count). The van der Waals surface area contributed by atoms with Gasteiger partial charge in [-0.1, -0.05) is 159 Å². The minimum Gasteiger partial charge on any atom is -0.310 e. The Morgan fingerprint density at radius 3 is 1.02 bits per heavy atom. The van der Waals surface area contributed by atoms with E-state index in [9.17, 15) is 0 Å². The minimum absolute atomic E-state index is 0.324. The topological polar surface area (TPSA) is 6.48 Å². The van der Waals surface area contributed by atoms with E-state index >= 15 is 0 Å². The standard InChI is InChI=1S/C56H62N2Si/c1-35(2)40-15-21-43(22-16-40)57(42-19-13-39(9)14-20-42)53-33-51(37(5)6)47-30-32-50-54(34-52(38(7)8)48-29-31-49(53)55(47)56(48)50)58(44-23-17-41(18-24-44)36(3)4)45-25-27-46(28-26-45)59(10,11)12/h13-38H,1-12H3. The van der Waals surface area contributed by atoms with E-state index in [0.29, 0.717) is 23.7 Å². The smallest absolute Gasteiger partial charge is 0.0775 e. The molecule has 0 unspecified atom stereocenters. The third-order valence-electron chi connectivity index (χ3n) is 12.6. The normalized spacial score (nSPS) is 12.3. The molecule has 0 saturated carbocycles. The van der Waals surface area contributed by atoms with E-state index in [2.05, 4.69) is 225 Å². The molecule has 0 saturated heterocycles. The van der Waals surface area contributed by atoms with Gasteiger partial charge < -0.3 is 9.80 Å². The Hall–Kier alpha value is -5.38. The van der Waals surface area contributed by atoms with Crippen molar-refractivity contribution in [3.63, 3.8) is 0 Å². The first-order valence-electron chi connectivity index (χ1n) is 21.9. The third-order valence-corrected chi connectivity index (χ3v) is 14.6. The summed E-state index contributed by atoms with van der Waals surface area (Å²) in [6.07, 6.45) is 0. The number of aryl methyl sites for hydroxylation is 1. The summed E-state index contributed by atoms with van der Waals surface area (Å²) in [5.74, 6) is 1.58. The van der Waals surface area contributed by atoms with Gasteiger partial charge in [0, 0.05) is 33.5 Å². The molecule has 8 aromatic rings. The van der Waals surface area contributed by atoms with Crippen LogP contribution in [-0.4, -0.2) is 8.07 Å². The van der Waals surface area contributed by atoms with E-state index in [-0.39, 0.29) is 0 Å². The van der Waals surface area contributed by atoms with Crippen molar-refractivity contribution in [3.05, 3.63) is 161 Å². The number of nitrogens with zero attached hydrogens (tertiary/aromatic N) is 2. The predicted octanol–water partition coefficient (Wildman–Crippen LogP) is 16.9. The van der Waals surface area contributed by atoms with E-state index in [1.807, 2.05) is 0 Å². The number of anilines is 6. The first-order valence-corrected chi connectivity index (χ1v) is 25.4. The zero-order valence-electron chi connectivity index (χ0n) is 37.4. The Morgan fingerprint density at radius 2 is 0.695 bits per heavy atom. The molecule has 0 fully saturated rings. The molecule has 0 aliphatic rings.